The van der Waals surface area contributed by atoms with Gasteiger partial charge in [-0.1, -0.05) is 44.2 Å². The molecule has 0 spiro atoms. The van der Waals surface area contributed by atoms with Gasteiger partial charge in [-0.3, -0.25) is 14.4 Å². The Bertz CT molecular complexity index is 875. The van der Waals surface area contributed by atoms with Gasteiger partial charge in [0.1, 0.15) is 18.1 Å². The second-order valence-electron chi connectivity index (χ2n) is 9.24. The largest absolute Gasteiger partial charge is 0.480 e. The van der Waals surface area contributed by atoms with Crippen LogP contribution in [0.2, 0.25) is 0 Å². The number of aliphatic carboxylic acids is 1. The number of rotatable bonds is 8. The number of carbonyl (C=O) groups excluding carboxylic acids is 3. The maximum absolute atomic E-state index is 13.4. The molecule has 2 fully saturated rings. The summed E-state index contributed by atoms with van der Waals surface area (Å²) in [5.74, 6) is -2.29. The van der Waals surface area contributed by atoms with Crippen LogP contribution >= 0.6 is 0 Å². The molecule has 2 heterocycles. The molecular formula is C24H34N4O5. The van der Waals surface area contributed by atoms with Gasteiger partial charge in [0, 0.05) is 13.1 Å². The summed E-state index contributed by atoms with van der Waals surface area (Å²) in [7, 11) is 0. The van der Waals surface area contributed by atoms with E-state index in [1.54, 1.807) is 0 Å². The van der Waals surface area contributed by atoms with Crippen molar-refractivity contribution in [2.24, 2.45) is 11.7 Å². The van der Waals surface area contributed by atoms with E-state index in [0.717, 1.165) is 5.56 Å². The molecule has 9 heteroatoms. The van der Waals surface area contributed by atoms with Crippen molar-refractivity contribution in [2.75, 3.05) is 13.1 Å². The number of carboxylic acids is 1. The lowest BCUT2D eigenvalue weighted by molar-refractivity contribution is -0.152. The van der Waals surface area contributed by atoms with Crippen molar-refractivity contribution in [1.82, 2.24) is 15.1 Å². The van der Waals surface area contributed by atoms with E-state index in [1.165, 1.54) is 9.80 Å². The molecule has 0 bridgehead atoms. The summed E-state index contributed by atoms with van der Waals surface area (Å²) in [6, 6.07) is 6.25. The third kappa shape index (κ3) is 5.71. The van der Waals surface area contributed by atoms with Gasteiger partial charge >= 0.3 is 5.97 Å². The molecule has 180 valence electrons. The van der Waals surface area contributed by atoms with Crippen molar-refractivity contribution in [3.63, 3.8) is 0 Å². The SMILES string of the molecule is CC(C)C(NC(=O)C(N)Cc1ccccc1)C(=O)N1CCCC1C(=O)N1CCCC1C(=O)O. The average molecular weight is 459 g/mol. The first kappa shape index (κ1) is 24.7. The number of likely N-dealkylation sites (tertiary alicyclic amines) is 2. The third-order valence-corrected chi connectivity index (χ3v) is 6.51. The molecule has 3 amide bonds. The molecule has 0 radical (unpaired) electrons. The van der Waals surface area contributed by atoms with Crippen LogP contribution in [0.15, 0.2) is 30.3 Å². The lowest BCUT2D eigenvalue weighted by atomic mass is 10.00. The number of carbonyl (C=O) groups is 4. The van der Waals surface area contributed by atoms with Crippen molar-refractivity contribution < 1.29 is 24.3 Å². The van der Waals surface area contributed by atoms with Crippen molar-refractivity contribution in [2.45, 2.75) is 70.1 Å². The number of amides is 3. The fraction of sp³-hybridized carbons (Fsp3) is 0.583. The van der Waals surface area contributed by atoms with Gasteiger partial charge in [-0.15, -0.1) is 0 Å². The van der Waals surface area contributed by atoms with Gasteiger partial charge in [0.15, 0.2) is 0 Å². The lowest BCUT2D eigenvalue weighted by Gasteiger charge is -2.33. The Kier molecular flexibility index (Phi) is 8.07. The predicted molar refractivity (Wildman–Crippen MR) is 122 cm³/mol. The van der Waals surface area contributed by atoms with Gasteiger partial charge in [0.2, 0.25) is 17.7 Å². The average Bonchev–Trinajstić information content (AvgIpc) is 3.46. The smallest absolute Gasteiger partial charge is 0.326 e. The van der Waals surface area contributed by atoms with Crippen LogP contribution in [0.3, 0.4) is 0 Å². The van der Waals surface area contributed by atoms with E-state index in [9.17, 15) is 24.3 Å². The standard InChI is InChI=1S/C24H34N4O5/c1-15(2)20(26-21(29)17(25)14-16-8-4-3-5-9-16)23(31)27-12-6-10-18(27)22(30)28-13-7-11-19(28)24(32)33/h3-5,8-9,15,17-20H,6-7,10-14,25H2,1-2H3,(H,26,29)(H,32,33). The van der Waals surface area contributed by atoms with Gasteiger partial charge in [-0.2, -0.15) is 0 Å². The minimum Gasteiger partial charge on any atom is -0.480 e. The van der Waals surface area contributed by atoms with Crippen molar-refractivity contribution in [3.8, 4) is 0 Å². The van der Waals surface area contributed by atoms with Crippen molar-refractivity contribution in [3.05, 3.63) is 35.9 Å². The summed E-state index contributed by atoms with van der Waals surface area (Å²) in [4.78, 5) is 53.8. The highest BCUT2D eigenvalue weighted by molar-refractivity contribution is 5.94. The van der Waals surface area contributed by atoms with Gasteiger partial charge < -0.3 is 26.0 Å². The summed E-state index contributed by atoms with van der Waals surface area (Å²) >= 11 is 0. The zero-order chi connectivity index (χ0) is 24.1. The first-order chi connectivity index (χ1) is 15.7. The fourth-order valence-corrected chi connectivity index (χ4v) is 4.68. The molecule has 4 atom stereocenters. The molecule has 9 nitrogen and oxygen atoms in total. The summed E-state index contributed by atoms with van der Waals surface area (Å²) in [5.41, 5.74) is 7.03. The normalized spacial score (nSPS) is 22.3. The molecule has 4 N–H and O–H groups in total. The topological polar surface area (TPSA) is 133 Å². The van der Waals surface area contributed by atoms with Crippen LogP contribution < -0.4 is 11.1 Å². The van der Waals surface area contributed by atoms with Gasteiger partial charge in [-0.25, -0.2) is 4.79 Å². The molecule has 0 aliphatic carbocycles. The molecule has 1 aromatic carbocycles. The van der Waals surface area contributed by atoms with E-state index in [0.29, 0.717) is 45.2 Å². The first-order valence-electron chi connectivity index (χ1n) is 11.6. The molecule has 0 aromatic heterocycles. The lowest BCUT2D eigenvalue weighted by Crippen LogP contribution is -2.58. The van der Waals surface area contributed by atoms with E-state index in [2.05, 4.69) is 5.32 Å². The van der Waals surface area contributed by atoms with Crippen LogP contribution in [0.1, 0.15) is 45.1 Å². The highest BCUT2D eigenvalue weighted by atomic mass is 16.4. The number of nitrogens with two attached hydrogens (primary N) is 1. The fourth-order valence-electron chi connectivity index (χ4n) is 4.68. The Labute approximate surface area is 194 Å². The Morgan fingerprint density at radius 2 is 1.64 bits per heavy atom. The first-order valence-corrected chi connectivity index (χ1v) is 11.6. The summed E-state index contributed by atoms with van der Waals surface area (Å²) in [6.45, 7) is 4.45. The molecule has 3 rings (SSSR count). The van der Waals surface area contributed by atoms with Gasteiger partial charge in [0.05, 0.1) is 6.04 Å². The quantitative estimate of drug-likeness (QED) is 0.527. The second kappa shape index (κ2) is 10.8. The number of hydrogen-bond donors (Lipinski definition) is 3. The molecule has 2 aliphatic heterocycles. The number of nitrogens with zero attached hydrogens (tertiary/aromatic N) is 2. The zero-order valence-corrected chi connectivity index (χ0v) is 19.3. The summed E-state index contributed by atoms with van der Waals surface area (Å²) in [5, 5.41) is 12.2. The summed E-state index contributed by atoms with van der Waals surface area (Å²) in [6.07, 6.45) is 2.54. The molecule has 1 aromatic rings. The molecule has 2 aliphatic rings. The van der Waals surface area contributed by atoms with Crippen LogP contribution in [-0.4, -0.2) is 75.9 Å². The van der Waals surface area contributed by atoms with Crippen LogP contribution in [-0.2, 0) is 25.6 Å². The van der Waals surface area contributed by atoms with E-state index in [1.807, 2.05) is 44.2 Å². The predicted octanol–water partition coefficient (Wildman–Crippen LogP) is 0.764. The number of carboxylic acid groups (broad SMARTS) is 1. The van der Waals surface area contributed by atoms with Gasteiger partial charge in [-0.05, 0) is 43.6 Å². The minimum absolute atomic E-state index is 0.208. The Morgan fingerprint density at radius 1 is 1.03 bits per heavy atom. The highest BCUT2D eigenvalue weighted by Gasteiger charge is 2.44. The van der Waals surface area contributed by atoms with Crippen LogP contribution in [0.4, 0.5) is 0 Å². The number of benzene rings is 1. The van der Waals surface area contributed by atoms with E-state index >= 15 is 0 Å². The number of nitrogens with one attached hydrogen (secondary N) is 1. The van der Waals surface area contributed by atoms with Crippen molar-refractivity contribution in [1.29, 1.82) is 0 Å². The van der Waals surface area contributed by atoms with E-state index in [4.69, 9.17) is 5.73 Å². The summed E-state index contributed by atoms with van der Waals surface area (Å²) < 4.78 is 0. The monoisotopic (exact) mass is 458 g/mol. The van der Waals surface area contributed by atoms with Crippen LogP contribution in [0.25, 0.3) is 0 Å². The maximum atomic E-state index is 13.4. The molecule has 33 heavy (non-hydrogen) atoms. The second-order valence-corrected chi connectivity index (χ2v) is 9.24. The van der Waals surface area contributed by atoms with E-state index in [-0.39, 0.29) is 17.7 Å². The molecule has 0 saturated carbocycles. The molecular weight excluding hydrogens is 424 g/mol. The highest BCUT2D eigenvalue weighted by Crippen LogP contribution is 2.26. The maximum Gasteiger partial charge on any atom is 0.326 e. The Balaban J connectivity index is 1.68. The van der Waals surface area contributed by atoms with Crippen molar-refractivity contribution >= 4 is 23.7 Å². The van der Waals surface area contributed by atoms with Crippen LogP contribution in [0.5, 0.6) is 0 Å². The van der Waals surface area contributed by atoms with E-state index < -0.39 is 36.0 Å². The third-order valence-electron chi connectivity index (χ3n) is 6.51. The molecule has 4 unspecified atom stereocenters. The zero-order valence-electron chi connectivity index (χ0n) is 19.3. The number of hydrogen-bond acceptors (Lipinski definition) is 5. The van der Waals surface area contributed by atoms with Crippen LogP contribution in [0, 0.1) is 5.92 Å². The molecule has 2 saturated heterocycles. The minimum atomic E-state index is -1.02. The Morgan fingerprint density at radius 3 is 2.24 bits per heavy atom. The Hall–Kier alpha value is -2.94. The van der Waals surface area contributed by atoms with Gasteiger partial charge in [0.25, 0.3) is 0 Å².